The molecule has 8 nitrogen and oxygen atoms in total. The van der Waals surface area contributed by atoms with Crippen molar-refractivity contribution in [2.45, 2.75) is 0 Å². The van der Waals surface area contributed by atoms with Crippen molar-refractivity contribution in [1.29, 1.82) is 0 Å². The van der Waals surface area contributed by atoms with E-state index in [1.54, 1.807) is 0 Å². The zero-order chi connectivity index (χ0) is 11.8. The van der Waals surface area contributed by atoms with Gasteiger partial charge in [0.2, 0.25) is 0 Å². The Morgan fingerprint density at radius 3 is 0.938 bits per heavy atom. The van der Waals surface area contributed by atoms with Gasteiger partial charge in [0.05, 0.1) is 31.7 Å². The standard InChI is InChI=1S/2C2H7NO3S.2Na/c2*3-1-2-7(4,5)6;;/h2*1-3H2,(H,4,5,6);;/q;;2*+1/p-2. The molecule has 0 aromatic rings. The Balaban J connectivity index is -0.0000000800. The minimum absolute atomic E-state index is 0. The molecule has 12 heteroatoms. The van der Waals surface area contributed by atoms with Gasteiger partial charge >= 0.3 is 59.1 Å². The summed E-state index contributed by atoms with van der Waals surface area (Å²) in [6, 6.07) is 0. The van der Waals surface area contributed by atoms with E-state index in [2.05, 4.69) is 0 Å². The summed E-state index contributed by atoms with van der Waals surface area (Å²) in [5.41, 5.74) is 9.47. The van der Waals surface area contributed by atoms with E-state index in [9.17, 15) is 25.9 Å². The fourth-order valence-corrected chi connectivity index (χ4v) is 0.866. The van der Waals surface area contributed by atoms with Crippen molar-refractivity contribution in [2.24, 2.45) is 11.5 Å². The minimum atomic E-state index is -4.05. The second-order valence-corrected chi connectivity index (χ2v) is 5.15. The molecule has 0 rings (SSSR count). The summed E-state index contributed by atoms with van der Waals surface area (Å²) >= 11 is 0. The average Bonchev–Trinajstić information content (AvgIpc) is 1.81. The molecule has 0 fully saturated rings. The van der Waals surface area contributed by atoms with E-state index in [0.29, 0.717) is 0 Å². The van der Waals surface area contributed by atoms with Crippen LogP contribution in [0.3, 0.4) is 0 Å². The van der Waals surface area contributed by atoms with Crippen LogP contribution in [-0.2, 0) is 20.2 Å². The number of hydrogen-bond donors (Lipinski definition) is 2. The number of rotatable bonds is 4. The van der Waals surface area contributed by atoms with Crippen LogP contribution in [0, 0.1) is 0 Å². The van der Waals surface area contributed by atoms with Crippen LogP contribution in [0.25, 0.3) is 0 Å². The van der Waals surface area contributed by atoms with Gasteiger partial charge < -0.3 is 20.6 Å². The van der Waals surface area contributed by atoms with Crippen LogP contribution in [0.2, 0.25) is 0 Å². The van der Waals surface area contributed by atoms with Crippen molar-refractivity contribution in [3.8, 4) is 0 Å². The van der Waals surface area contributed by atoms with E-state index < -0.39 is 31.7 Å². The van der Waals surface area contributed by atoms with Crippen LogP contribution in [0.15, 0.2) is 0 Å². The molecule has 0 aliphatic heterocycles. The molecule has 0 aromatic carbocycles. The van der Waals surface area contributed by atoms with Crippen LogP contribution in [0.5, 0.6) is 0 Å². The van der Waals surface area contributed by atoms with Crippen molar-refractivity contribution in [1.82, 2.24) is 0 Å². The topological polar surface area (TPSA) is 166 Å². The van der Waals surface area contributed by atoms with Gasteiger partial charge in [0.25, 0.3) is 0 Å². The molecule has 0 bridgehead atoms. The van der Waals surface area contributed by atoms with Crippen molar-refractivity contribution < 1.29 is 85.1 Å². The molecule has 0 saturated heterocycles. The maximum absolute atomic E-state index is 9.60. The Morgan fingerprint density at radius 2 is 0.938 bits per heavy atom. The summed E-state index contributed by atoms with van der Waals surface area (Å²) in [7, 11) is -8.10. The maximum Gasteiger partial charge on any atom is 1.00 e. The van der Waals surface area contributed by atoms with E-state index in [-0.39, 0.29) is 72.2 Å². The van der Waals surface area contributed by atoms with Crippen LogP contribution in [0.4, 0.5) is 0 Å². The van der Waals surface area contributed by atoms with Gasteiger partial charge in [0, 0.05) is 13.1 Å². The predicted molar refractivity (Wildman–Crippen MR) is 47.2 cm³/mol. The molecular formula is C4H12N2Na2O6S2. The van der Waals surface area contributed by atoms with E-state index in [1.165, 1.54) is 0 Å². The summed E-state index contributed by atoms with van der Waals surface area (Å²) in [5, 5.41) is 0. The van der Waals surface area contributed by atoms with Gasteiger partial charge in [-0.15, -0.1) is 0 Å². The quantitative estimate of drug-likeness (QED) is 0.380. The first-order valence-electron chi connectivity index (χ1n) is 3.39. The van der Waals surface area contributed by atoms with Crippen molar-refractivity contribution in [3.05, 3.63) is 0 Å². The van der Waals surface area contributed by atoms with Gasteiger partial charge in [-0.1, -0.05) is 0 Å². The van der Waals surface area contributed by atoms with E-state index in [1.807, 2.05) is 0 Å². The van der Waals surface area contributed by atoms with Gasteiger partial charge in [-0.3, -0.25) is 0 Å². The Bertz CT molecular complexity index is 294. The Kier molecular flexibility index (Phi) is 21.7. The second kappa shape index (κ2) is 13.2. The van der Waals surface area contributed by atoms with E-state index in [4.69, 9.17) is 11.5 Å². The first kappa shape index (κ1) is 26.3. The predicted octanol–water partition coefficient (Wildman–Crippen LogP) is -9.01. The van der Waals surface area contributed by atoms with Gasteiger partial charge in [-0.2, -0.15) is 0 Å². The molecule has 0 amide bonds. The molecule has 0 heterocycles. The molecule has 0 saturated carbocycles. The molecule has 16 heavy (non-hydrogen) atoms. The normalized spacial score (nSPS) is 10.2. The van der Waals surface area contributed by atoms with Gasteiger partial charge in [-0.05, 0) is 0 Å². The molecule has 0 aliphatic rings. The SMILES string of the molecule is NCCS(=O)(=O)[O-].NCCS(=O)(=O)[O-].[Na+].[Na+]. The third kappa shape index (κ3) is 36.0. The first-order chi connectivity index (χ1) is 6.12. The summed E-state index contributed by atoms with van der Waals surface area (Å²) in [6.07, 6.45) is 0. The molecule has 0 aromatic heterocycles. The second-order valence-electron chi connectivity index (χ2n) is 2.10. The zero-order valence-electron chi connectivity index (χ0n) is 9.25. The fraction of sp³-hybridized carbons (Fsp3) is 1.00. The molecule has 88 valence electrons. The van der Waals surface area contributed by atoms with Crippen LogP contribution in [-0.4, -0.2) is 50.5 Å². The van der Waals surface area contributed by atoms with Gasteiger partial charge in [-0.25, -0.2) is 16.8 Å². The van der Waals surface area contributed by atoms with Gasteiger partial charge in [0.15, 0.2) is 0 Å². The maximum atomic E-state index is 9.60. The molecule has 0 unspecified atom stereocenters. The number of nitrogens with two attached hydrogens (primary N) is 2. The summed E-state index contributed by atoms with van der Waals surface area (Å²) in [5.74, 6) is -0.931. The average molecular weight is 294 g/mol. The van der Waals surface area contributed by atoms with Crippen molar-refractivity contribution >= 4 is 20.2 Å². The molecule has 0 atom stereocenters. The Morgan fingerprint density at radius 1 is 0.750 bits per heavy atom. The van der Waals surface area contributed by atoms with Gasteiger partial charge in [0.1, 0.15) is 0 Å². The molecular weight excluding hydrogens is 282 g/mol. The Labute approximate surface area is 140 Å². The summed E-state index contributed by atoms with van der Waals surface area (Å²) < 4.78 is 57.6. The van der Waals surface area contributed by atoms with Crippen molar-refractivity contribution in [3.63, 3.8) is 0 Å². The minimum Gasteiger partial charge on any atom is -0.748 e. The third-order valence-corrected chi connectivity index (χ3v) is 2.21. The first-order valence-corrected chi connectivity index (χ1v) is 6.55. The van der Waals surface area contributed by atoms with E-state index >= 15 is 0 Å². The zero-order valence-corrected chi connectivity index (χ0v) is 14.9. The monoisotopic (exact) mass is 294 g/mol. The molecule has 0 spiro atoms. The molecule has 0 aliphatic carbocycles. The summed E-state index contributed by atoms with van der Waals surface area (Å²) in [4.78, 5) is 0. The number of hydrogen-bond acceptors (Lipinski definition) is 8. The van der Waals surface area contributed by atoms with Crippen LogP contribution >= 0.6 is 0 Å². The smallest absolute Gasteiger partial charge is 0.748 e. The van der Waals surface area contributed by atoms with Crippen molar-refractivity contribution in [2.75, 3.05) is 24.6 Å². The molecule has 0 radical (unpaired) electrons. The Hall–Kier alpha value is 1.74. The fourth-order valence-electron chi connectivity index (χ4n) is 0.289. The molecule has 4 N–H and O–H groups in total. The van der Waals surface area contributed by atoms with Crippen LogP contribution < -0.4 is 70.6 Å². The summed E-state index contributed by atoms with van der Waals surface area (Å²) in [6.45, 7) is -0.183. The van der Waals surface area contributed by atoms with E-state index in [0.717, 1.165) is 0 Å². The third-order valence-electron chi connectivity index (χ3n) is 0.736. The largest absolute Gasteiger partial charge is 1.00 e. The van der Waals surface area contributed by atoms with Crippen LogP contribution in [0.1, 0.15) is 0 Å².